The topological polar surface area (TPSA) is 76.1 Å². The first-order chi connectivity index (χ1) is 13.0. The van der Waals surface area contributed by atoms with Crippen molar-refractivity contribution in [2.24, 2.45) is 0 Å². The Balaban J connectivity index is 1.53. The number of nitrogens with zero attached hydrogens (tertiary/aromatic N) is 2. The maximum Gasteiger partial charge on any atom is 0.306 e. The number of carbonyl (C=O) groups excluding carboxylic acids is 1. The lowest BCUT2D eigenvalue weighted by atomic mass is 10.1. The Bertz CT molecular complexity index is 1010. The summed E-state index contributed by atoms with van der Waals surface area (Å²) in [6.07, 6.45) is 1.54. The Morgan fingerprint density at radius 2 is 2.07 bits per heavy atom. The summed E-state index contributed by atoms with van der Waals surface area (Å²) < 4.78 is 37.3. The van der Waals surface area contributed by atoms with Gasteiger partial charge in [-0.3, -0.25) is 4.79 Å². The minimum Gasteiger partial charge on any atom is -0.461 e. The molecule has 0 aliphatic rings. The lowest BCUT2D eigenvalue weighted by Crippen LogP contribution is -2.06. The predicted octanol–water partition coefficient (Wildman–Crippen LogP) is 4.17. The second-order valence-electron chi connectivity index (χ2n) is 5.72. The Kier molecular flexibility index (Phi) is 5.57. The normalized spacial score (nSPS) is 10.4. The molecule has 0 bridgehead atoms. The zero-order chi connectivity index (χ0) is 19.2. The van der Waals surface area contributed by atoms with Gasteiger partial charge in [-0.15, -0.1) is 0 Å². The summed E-state index contributed by atoms with van der Waals surface area (Å²) in [6, 6.07) is 11.9. The average Bonchev–Trinajstić information content (AvgIpc) is 3.13. The summed E-state index contributed by atoms with van der Waals surface area (Å²) in [5, 5.41) is 8.85. The van der Waals surface area contributed by atoms with Gasteiger partial charge in [-0.2, -0.15) is 5.26 Å². The first-order valence-electron chi connectivity index (χ1n) is 8.10. The van der Waals surface area contributed by atoms with Gasteiger partial charge in [-0.25, -0.2) is 13.8 Å². The second kappa shape index (κ2) is 8.23. The zero-order valence-electron chi connectivity index (χ0n) is 14.1. The Morgan fingerprint density at radius 3 is 2.85 bits per heavy atom. The first-order valence-corrected chi connectivity index (χ1v) is 8.10. The highest BCUT2D eigenvalue weighted by atomic mass is 19.1. The van der Waals surface area contributed by atoms with Crippen LogP contribution in [0.3, 0.4) is 0 Å². The number of benzene rings is 2. The largest absolute Gasteiger partial charge is 0.461 e. The van der Waals surface area contributed by atoms with Gasteiger partial charge in [0.25, 0.3) is 0 Å². The fraction of sp³-hybridized carbons (Fsp3) is 0.150. The van der Waals surface area contributed by atoms with Gasteiger partial charge >= 0.3 is 5.97 Å². The van der Waals surface area contributed by atoms with E-state index in [0.717, 1.165) is 12.1 Å². The van der Waals surface area contributed by atoms with Crippen LogP contribution >= 0.6 is 0 Å². The van der Waals surface area contributed by atoms with E-state index in [0.29, 0.717) is 11.1 Å². The molecule has 0 saturated carbocycles. The van der Waals surface area contributed by atoms with Crippen molar-refractivity contribution in [3.05, 3.63) is 77.3 Å². The molecule has 0 aliphatic carbocycles. The predicted molar refractivity (Wildman–Crippen MR) is 91.1 cm³/mol. The average molecular weight is 368 g/mol. The number of hydrogen-bond acceptors (Lipinski definition) is 5. The number of esters is 1. The van der Waals surface area contributed by atoms with Crippen LogP contribution in [0.5, 0.6) is 0 Å². The zero-order valence-corrected chi connectivity index (χ0v) is 14.1. The molecule has 0 saturated heterocycles. The number of carbonyl (C=O) groups is 1. The molecule has 1 aromatic heterocycles. The summed E-state index contributed by atoms with van der Waals surface area (Å²) in [4.78, 5) is 15.9. The van der Waals surface area contributed by atoms with Crippen LogP contribution in [0, 0.1) is 23.0 Å². The summed E-state index contributed by atoms with van der Waals surface area (Å²) in [6.45, 7) is 0.0615. The molecule has 0 unspecified atom stereocenters. The number of aromatic nitrogens is 1. The van der Waals surface area contributed by atoms with Crippen LogP contribution in [0.15, 0.2) is 53.1 Å². The van der Waals surface area contributed by atoms with Crippen LogP contribution in [0.25, 0.3) is 11.3 Å². The van der Waals surface area contributed by atoms with Crippen molar-refractivity contribution in [1.29, 1.82) is 5.26 Å². The molecule has 5 nitrogen and oxygen atoms in total. The maximum atomic E-state index is 13.8. The van der Waals surface area contributed by atoms with E-state index >= 15 is 0 Å². The summed E-state index contributed by atoms with van der Waals surface area (Å²) >= 11 is 0. The minimum atomic E-state index is -0.753. The molecule has 0 aliphatic heterocycles. The van der Waals surface area contributed by atoms with E-state index in [1.54, 1.807) is 24.3 Å². The number of ether oxygens (including phenoxy) is 1. The highest BCUT2D eigenvalue weighted by Crippen LogP contribution is 2.24. The van der Waals surface area contributed by atoms with Crippen LogP contribution < -0.4 is 0 Å². The summed E-state index contributed by atoms with van der Waals surface area (Å²) in [5.41, 5.74) is 1.30. The molecule has 3 aromatic rings. The van der Waals surface area contributed by atoms with Gasteiger partial charge < -0.3 is 9.15 Å². The standard InChI is InChI=1S/C20H14F2N2O3/c21-15-4-5-16(17(22)9-15)18-11-24-19(27-18)6-7-20(25)26-12-14-3-1-2-13(8-14)10-23/h1-5,8-9,11H,6-7,12H2. The van der Waals surface area contributed by atoms with Crippen LogP contribution in [-0.2, 0) is 22.6 Å². The van der Waals surface area contributed by atoms with E-state index in [-0.39, 0.29) is 36.7 Å². The van der Waals surface area contributed by atoms with E-state index < -0.39 is 17.6 Å². The smallest absolute Gasteiger partial charge is 0.306 e. The van der Waals surface area contributed by atoms with Crippen LogP contribution in [0.1, 0.15) is 23.4 Å². The fourth-order valence-electron chi connectivity index (χ4n) is 2.42. The molecular formula is C20H14F2N2O3. The third-order valence-corrected chi connectivity index (χ3v) is 3.75. The second-order valence-corrected chi connectivity index (χ2v) is 5.72. The van der Waals surface area contributed by atoms with E-state index in [9.17, 15) is 13.6 Å². The van der Waals surface area contributed by atoms with Crippen LogP contribution in [0.4, 0.5) is 8.78 Å². The van der Waals surface area contributed by atoms with Gasteiger partial charge in [-0.05, 0) is 29.8 Å². The number of hydrogen-bond donors (Lipinski definition) is 0. The van der Waals surface area contributed by atoms with Crippen LogP contribution in [-0.4, -0.2) is 11.0 Å². The molecule has 0 atom stereocenters. The molecule has 3 rings (SSSR count). The van der Waals surface area contributed by atoms with Gasteiger partial charge in [0.2, 0.25) is 0 Å². The lowest BCUT2D eigenvalue weighted by Gasteiger charge is -2.04. The highest BCUT2D eigenvalue weighted by Gasteiger charge is 2.13. The van der Waals surface area contributed by atoms with Gasteiger partial charge in [0.05, 0.1) is 29.8 Å². The van der Waals surface area contributed by atoms with Crippen molar-refractivity contribution in [2.45, 2.75) is 19.4 Å². The van der Waals surface area contributed by atoms with Gasteiger partial charge in [-0.1, -0.05) is 12.1 Å². The number of nitriles is 1. The van der Waals surface area contributed by atoms with E-state index in [2.05, 4.69) is 4.98 Å². The number of halogens is 2. The maximum absolute atomic E-state index is 13.8. The SMILES string of the molecule is N#Cc1cccc(COC(=O)CCc2ncc(-c3ccc(F)cc3F)o2)c1. The highest BCUT2D eigenvalue weighted by molar-refractivity contribution is 5.69. The quantitative estimate of drug-likeness (QED) is 0.611. The Labute approximate surface area is 153 Å². The fourth-order valence-corrected chi connectivity index (χ4v) is 2.42. The molecule has 0 fully saturated rings. The van der Waals surface area contributed by atoms with E-state index in [1.807, 2.05) is 6.07 Å². The van der Waals surface area contributed by atoms with E-state index in [1.165, 1.54) is 12.3 Å². The van der Waals surface area contributed by atoms with Crippen molar-refractivity contribution in [3.8, 4) is 17.4 Å². The van der Waals surface area contributed by atoms with Crippen molar-refractivity contribution < 1.29 is 22.7 Å². The Morgan fingerprint density at radius 1 is 1.22 bits per heavy atom. The molecule has 2 aromatic carbocycles. The third-order valence-electron chi connectivity index (χ3n) is 3.75. The third kappa shape index (κ3) is 4.76. The van der Waals surface area contributed by atoms with E-state index in [4.69, 9.17) is 14.4 Å². The Hall–Kier alpha value is -3.53. The van der Waals surface area contributed by atoms with Crippen molar-refractivity contribution in [1.82, 2.24) is 4.98 Å². The lowest BCUT2D eigenvalue weighted by molar-refractivity contribution is -0.145. The van der Waals surface area contributed by atoms with Crippen molar-refractivity contribution >= 4 is 5.97 Å². The monoisotopic (exact) mass is 368 g/mol. The molecule has 0 amide bonds. The number of aryl methyl sites for hydroxylation is 1. The van der Waals surface area contributed by atoms with Crippen molar-refractivity contribution in [2.75, 3.05) is 0 Å². The van der Waals surface area contributed by atoms with Crippen molar-refractivity contribution in [3.63, 3.8) is 0 Å². The van der Waals surface area contributed by atoms with Crippen LogP contribution in [0.2, 0.25) is 0 Å². The molecule has 136 valence electrons. The molecule has 0 N–H and O–H groups in total. The van der Waals surface area contributed by atoms with Gasteiger partial charge in [0.15, 0.2) is 11.7 Å². The molecule has 1 heterocycles. The van der Waals surface area contributed by atoms with Gasteiger partial charge in [0.1, 0.15) is 18.2 Å². The van der Waals surface area contributed by atoms with Gasteiger partial charge in [0, 0.05) is 12.5 Å². The first kappa shape index (κ1) is 18.3. The molecular weight excluding hydrogens is 354 g/mol. The molecule has 0 radical (unpaired) electrons. The minimum absolute atomic E-state index is 0.0315. The molecule has 27 heavy (non-hydrogen) atoms. The molecule has 0 spiro atoms. The summed E-state index contributed by atoms with van der Waals surface area (Å²) in [5.74, 6) is -1.48. The number of rotatable bonds is 6. The molecule has 7 heteroatoms. The summed E-state index contributed by atoms with van der Waals surface area (Å²) in [7, 11) is 0. The number of oxazole rings is 1.